The van der Waals surface area contributed by atoms with Gasteiger partial charge in [-0.05, 0) is 19.3 Å². The van der Waals surface area contributed by atoms with Gasteiger partial charge in [0, 0.05) is 30.6 Å². The highest BCUT2D eigenvalue weighted by Crippen LogP contribution is 2.29. The Kier molecular flexibility index (Phi) is 4.40. The predicted octanol–water partition coefficient (Wildman–Crippen LogP) is 2.80. The Morgan fingerprint density at radius 3 is 2.65 bits per heavy atom. The maximum Gasteiger partial charge on any atom is 0.185 e. The quantitative estimate of drug-likeness (QED) is 0.874. The van der Waals surface area contributed by atoms with Crippen LogP contribution in [0.2, 0.25) is 0 Å². The highest BCUT2D eigenvalue weighted by Gasteiger charge is 2.18. The average Bonchev–Trinajstić information content (AvgIpc) is 2.94. The Hall–Kier alpha value is -0.610. The van der Waals surface area contributed by atoms with Gasteiger partial charge in [0.25, 0.3) is 0 Å². The fraction of sp³-hybridized carbons (Fsp3) is 0.769. The third-order valence-corrected chi connectivity index (χ3v) is 4.31. The summed E-state index contributed by atoms with van der Waals surface area (Å²) in [6, 6.07) is 0.539. The van der Waals surface area contributed by atoms with Crippen LogP contribution in [0.3, 0.4) is 0 Å². The largest absolute Gasteiger partial charge is 0.348 e. The number of anilines is 1. The normalized spacial score (nSPS) is 16.1. The molecule has 1 fully saturated rings. The summed E-state index contributed by atoms with van der Waals surface area (Å²) in [7, 11) is 0. The maximum absolute atomic E-state index is 4.79. The standard InChI is InChI=1S/C13H23N3S/c1-4-11-12(9-14-10(2)3)17-13(15-11)16-7-5-6-8-16/h10,14H,4-9H2,1-3H3. The van der Waals surface area contributed by atoms with Crippen LogP contribution in [0, 0.1) is 0 Å². The van der Waals surface area contributed by atoms with E-state index in [-0.39, 0.29) is 0 Å². The molecule has 0 aliphatic carbocycles. The number of nitrogens with one attached hydrogen (secondary N) is 1. The maximum atomic E-state index is 4.79. The number of aryl methyl sites for hydroxylation is 1. The molecule has 0 aromatic carbocycles. The van der Waals surface area contributed by atoms with Crippen molar-refractivity contribution in [2.45, 2.75) is 52.6 Å². The molecule has 1 aliphatic rings. The molecule has 17 heavy (non-hydrogen) atoms. The third-order valence-electron chi connectivity index (χ3n) is 3.15. The smallest absolute Gasteiger partial charge is 0.185 e. The van der Waals surface area contributed by atoms with Gasteiger partial charge in [-0.2, -0.15) is 0 Å². The van der Waals surface area contributed by atoms with Crippen LogP contribution in [0.5, 0.6) is 0 Å². The van der Waals surface area contributed by atoms with Crippen molar-refractivity contribution in [1.29, 1.82) is 0 Å². The van der Waals surface area contributed by atoms with Crippen molar-refractivity contribution in [3.8, 4) is 0 Å². The molecule has 1 saturated heterocycles. The highest BCUT2D eigenvalue weighted by atomic mass is 32.1. The van der Waals surface area contributed by atoms with Crippen molar-refractivity contribution in [3.05, 3.63) is 10.6 Å². The minimum atomic E-state index is 0.539. The van der Waals surface area contributed by atoms with E-state index in [1.54, 1.807) is 0 Å². The van der Waals surface area contributed by atoms with Crippen molar-refractivity contribution in [3.63, 3.8) is 0 Å². The molecule has 0 radical (unpaired) electrons. The average molecular weight is 253 g/mol. The first-order valence-corrected chi connectivity index (χ1v) is 7.49. The van der Waals surface area contributed by atoms with Crippen molar-refractivity contribution >= 4 is 16.5 Å². The summed E-state index contributed by atoms with van der Waals surface area (Å²) in [5, 5.41) is 4.73. The second-order valence-electron chi connectivity index (χ2n) is 4.95. The summed E-state index contributed by atoms with van der Waals surface area (Å²) in [6.45, 7) is 9.91. The van der Waals surface area contributed by atoms with Crippen LogP contribution in [0.25, 0.3) is 0 Å². The summed E-state index contributed by atoms with van der Waals surface area (Å²) in [5.74, 6) is 0. The molecule has 0 unspecified atom stereocenters. The molecule has 0 amide bonds. The van der Waals surface area contributed by atoms with E-state index >= 15 is 0 Å². The molecule has 2 heterocycles. The molecule has 0 atom stereocenters. The second kappa shape index (κ2) is 5.83. The van der Waals surface area contributed by atoms with Crippen molar-refractivity contribution in [2.24, 2.45) is 0 Å². The molecule has 3 nitrogen and oxygen atoms in total. The van der Waals surface area contributed by atoms with E-state index < -0.39 is 0 Å². The zero-order valence-electron chi connectivity index (χ0n) is 11.1. The third kappa shape index (κ3) is 3.19. The monoisotopic (exact) mass is 253 g/mol. The van der Waals surface area contributed by atoms with Crippen molar-refractivity contribution in [2.75, 3.05) is 18.0 Å². The minimum Gasteiger partial charge on any atom is -0.348 e. The lowest BCUT2D eigenvalue weighted by atomic mass is 10.3. The van der Waals surface area contributed by atoms with Crippen molar-refractivity contribution < 1.29 is 0 Å². The number of hydrogen-bond acceptors (Lipinski definition) is 4. The van der Waals surface area contributed by atoms with E-state index in [9.17, 15) is 0 Å². The number of aromatic nitrogens is 1. The molecule has 1 aromatic rings. The van der Waals surface area contributed by atoms with Gasteiger partial charge in [-0.15, -0.1) is 11.3 Å². The van der Waals surface area contributed by atoms with Gasteiger partial charge in [0.15, 0.2) is 5.13 Å². The molecule has 1 N–H and O–H groups in total. The number of nitrogens with zero attached hydrogens (tertiary/aromatic N) is 2. The van der Waals surface area contributed by atoms with E-state index in [4.69, 9.17) is 4.98 Å². The van der Waals surface area contributed by atoms with Gasteiger partial charge < -0.3 is 10.2 Å². The van der Waals surface area contributed by atoms with Gasteiger partial charge in [0.1, 0.15) is 0 Å². The predicted molar refractivity (Wildman–Crippen MR) is 74.9 cm³/mol. The number of thiazole rings is 1. The molecule has 1 aromatic heterocycles. The summed E-state index contributed by atoms with van der Waals surface area (Å²) in [4.78, 5) is 8.65. The lowest BCUT2D eigenvalue weighted by Crippen LogP contribution is -2.21. The fourth-order valence-corrected chi connectivity index (χ4v) is 3.28. The van der Waals surface area contributed by atoms with Gasteiger partial charge >= 0.3 is 0 Å². The second-order valence-corrected chi connectivity index (χ2v) is 6.01. The van der Waals surface area contributed by atoms with Crippen LogP contribution in [0.4, 0.5) is 5.13 Å². The molecular formula is C13H23N3S. The Morgan fingerprint density at radius 2 is 2.06 bits per heavy atom. The SMILES string of the molecule is CCc1nc(N2CCCC2)sc1CNC(C)C. The van der Waals surface area contributed by atoms with Crippen LogP contribution in [0.15, 0.2) is 0 Å². The van der Waals surface area contributed by atoms with Crippen LogP contribution in [-0.4, -0.2) is 24.1 Å². The summed E-state index contributed by atoms with van der Waals surface area (Å²) < 4.78 is 0. The summed E-state index contributed by atoms with van der Waals surface area (Å²) >= 11 is 1.88. The van der Waals surface area contributed by atoms with Gasteiger partial charge in [-0.1, -0.05) is 20.8 Å². The molecular weight excluding hydrogens is 230 g/mol. The molecule has 96 valence electrons. The zero-order chi connectivity index (χ0) is 12.3. The van der Waals surface area contributed by atoms with Crippen LogP contribution in [-0.2, 0) is 13.0 Å². The summed E-state index contributed by atoms with van der Waals surface area (Å²) in [6.07, 6.45) is 3.68. The van der Waals surface area contributed by atoms with Gasteiger partial charge in [-0.3, -0.25) is 0 Å². The first-order valence-electron chi connectivity index (χ1n) is 6.67. The Bertz CT molecular complexity index is 354. The molecule has 2 rings (SSSR count). The van der Waals surface area contributed by atoms with Crippen LogP contribution < -0.4 is 10.2 Å². The van der Waals surface area contributed by atoms with Gasteiger partial charge in [0.2, 0.25) is 0 Å². The topological polar surface area (TPSA) is 28.2 Å². The van der Waals surface area contributed by atoms with E-state index in [0.29, 0.717) is 6.04 Å². The molecule has 4 heteroatoms. The molecule has 1 aliphatic heterocycles. The Labute approximate surface area is 108 Å². The lowest BCUT2D eigenvalue weighted by molar-refractivity contribution is 0.590. The van der Waals surface area contributed by atoms with Crippen molar-refractivity contribution in [1.82, 2.24) is 10.3 Å². The van der Waals surface area contributed by atoms with E-state index in [0.717, 1.165) is 13.0 Å². The number of hydrogen-bond donors (Lipinski definition) is 1. The van der Waals surface area contributed by atoms with E-state index in [2.05, 4.69) is 31.0 Å². The molecule has 0 saturated carbocycles. The minimum absolute atomic E-state index is 0.539. The fourth-order valence-electron chi connectivity index (χ4n) is 2.12. The Morgan fingerprint density at radius 1 is 1.35 bits per heavy atom. The lowest BCUT2D eigenvalue weighted by Gasteiger charge is -2.12. The number of rotatable bonds is 5. The van der Waals surface area contributed by atoms with Crippen LogP contribution in [0.1, 0.15) is 44.2 Å². The molecule has 0 bridgehead atoms. The van der Waals surface area contributed by atoms with E-state index in [1.807, 2.05) is 11.3 Å². The van der Waals surface area contributed by atoms with Crippen LogP contribution >= 0.6 is 11.3 Å². The van der Waals surface area contributed by atoms with Gasteiger partial charge in [0.05, 0.1) is 5.69 Å². The Balaban J connectivity index is 2.08. The van der Waals surface area contributed by atoms with Gasteiger partial charge in [-0.25, -0.2) is 4.98 Å². The van der Waals surface area contributed by atoms with E-state index in [1.165, 1.54) is 41.6 Å². The first-order chi connectivity index (χ1) is 8.20. The highest BCUT2D eigenvalue weighted by molar-refractivity contribution is 7.15. The summed E-state index contributed by atoms with van der Waals surface area (Å²) in [5.41, 5.74) is 1.28. The molecule has 0 spiro atoms. The first kappa shape index (κ1) is 12.8. The zero-order valence-corrected chi connectivity index (χ0v) is 11.9.